The van der Waals surface area contributed by atoms with E-state index in [1.807, 2.05) is 0 Å². The van der Waals surface area contributed by atoms with Crippen molar-refractivity contribution in [3.8, 4) is 11.4 Å². The largest absolute Gasteiger partial charge is 0.388 e. The Morgan fingerprint density at radius 1 is 1.35 bits per heavy atom. The summed E-state index contributed by atoms with van der Waals surface area (Å²) < 4.78 is 14.3. The molecule has 2 unspecified atom stereocenters. The van der Waals surface area contributed by atoms with Crippen LogP contribution in [0.25, 0.3) is 22.4 Å². The number of aromatic nitrogens is 4. The van der Waals surface area contributed by atoms with Crippen LogP contribution in [0.15, 0.2) is 24.7 Å². The summed E-state index contributed by atoms with van der Waals surface area (Å²) in [5.74, 6) is -0.0997. The summed E-state index contributed by atoms with van der Waals surface area (Å²) >= 11 is 6.03. The number of halogens is 2. The quantitative estimate of drug-likeness (QED) is 0.646. The van der Waals surface area contributed by atoms with Gasteiger partial charge in [0.15, 0.2) is 17.5 Å². The van der Waals surface area contributed by atoms with Crippen LogP contribution >= 0.6 is 11.6 Å². The van der Waals surface area contributed by atoms with Gasteiger partial charge in [-0.1, -0.05) is 24.4 Å². The maximum Gasteiger partial charge on any atom is 0.183 e. The Labute approximate surface area is 154 Å². The fraction of sp³-hybridized carbons (Fsp3) is 0.389. The van der Waals surface area contributed by atoms with Crippen LogP contribution in [0, 0.1) is 5.82 Å². The van der Waals surface area contributed by atoms with Crippen molar-refractivity contribution in [1.29, 1.82) is 0 Å². The Morgan fingerprint density at radius 2 is 2.19 bits per heavy atom. The number of aliphatic hydroxyl groups is 1. The summed E-state index contributed by atoms with van der Waals surface area (Å²) in [6.45, 7) is 1.77. The van der Waals surface area contributed by atoms with Gasteiger partial charge >= 0.3 is 0 Å². The van der Waals surface area contributed by atoms with Gasteiger partial charge in [0.05, 0.1) is 22.9 Å². The smallest absolute Gasteiger partial charge is 0.183 e. The summed E-state index contributed by atoms with van der Waals surface area (Å²) in [6, 6.07) is 1.51. The van der Waals surface area contributed by atoms with Gasteiger partial charge in [0.1, 0.15) is 5.65 Å². The molecule has 136 valence electrons. The molecule has 1 fully saturated rings. The maximum atomic E-state index is 14.3. The standard InChI is InChI=1S/C18H19ClFN5O/c1-18(26)5-3-2-4-14(18)24-17-13(20)9-23-16(25-17)12-8-22-15-11(12)6-10(19)7-21-15/h6-9,14,26H,2-5H2,1H3,(H,21,22)(H,23,24,25). The first kappa shape index (κ1) is 17.2. The molecule has 3 aromatic heterocycles. The third-order valence-corrected chi connectivity index (χ3v) is 5.18. The summed E-state index contributed by atoms with van der Waals surface area (Å²) in [5.41, 5.74) is 0.448. The van der Waals surface area contributed by atoms with E-state index in [0.717, 1.165) is 30.8 Å². The summed E-state index contributed by atoms with van der Waals surface area (Å²) in [7, 11) is 0. The van der Waals surface area contributed by atoms with Crippen LogP contribution in [-0.4, -0.2) is 36.7 Å². The van der Waals surface area contributed by atoms with Crippen molar-refractivity contribution in [3.05, 3.63) is 35.5 Å². The molecule has 0 radical (unpaired) electrons. The zero-order chi connectivity index (χ0) is 18.3. The van der Waals surface area contributed by atoms with Crippen molar-refractivity contribution in [2.24, 2.45) is 0 Å². The second kappa shape index (κ2) is 6.48. The molecule has 0 saturated heterocycles. The topological polar surface area (TPSA) is 86.7 Å². The molecule has 0 amide bonds. The number of hydrogen-bond acceptors (Lipinski definition) is 5. The van der Waals surface area contributed by atoms with Crippen molar-refractivity contribution in [1.82, 2.24) is 19.9 Å². The highest BCUT2D eigenvalue weighted by atomic mass is 35.5. The van der Waals surface area contributed by atoms with E-state index >= 15 is 0 Å². The van der Waals surface area contributed by atoms with Crippen LogP contribution in [0.1, 0.15) is 32.6 Å². The van der Waals surface area contributed by atoms with E-state index in [-0.39, 0.29) is 11.9 Å². The Morgan fingerprint density at radius 3 is 3.00 bits per heavy atom. The third-order valence-electron chi connectivity index (χ3n) is 4.97. The molecule has 0 bridgehead atoms. The molecule has 4 rings (SSSR count). The fourth-order valence-corrected chi connectivity index (χ4v) is 3.63. The molecule has 1 saturated carbocycles. The van der Waals surface area contributed by atoms with Gasteiger partial charge in [0.2, 0.25) is 0 Å². The second-order valence-corrected chi connectivity index (χ2v) is 7.38. The molecule has 0 spiro atoms. The Kier molecular flexibility index (Phi) is 4.28. The van der Waals surface area contributed by atoms with Gasteiger partial charge in [0.25, 0.3) is 0 Å². The van der Waals surface area contributed by atoms with Crippen LogP contribution in [0.5, 0.6) is 0 Å². The minimum absolute atomic E-state index is 0.0894. The van der Waals surface area contributed by atoms with Crippen molar-refractivity contribution >= 4 is 28.5 Å². The minimum atomic E-state index is -0.895. The number of pyridine rings is 1. The van der Waals surface area contributed by atoms with Gasteiger partial charge in [0, 0.05) is 23.3 Å². The molecule has 3 heterocycles. The van der Waals surface area contributed by atoms with Gasteiger partial charge in [-0.15, -0.1) is 0 Å². The number of anilines is 1. The first-order chi connectivity index (χ1) is 12.4. The lowest BCUT2D eigenvalue weighted by Crippen LogP contribution is -2.47. The first-order valence-corrected chi connectivity index (χ1v) is 8.96. The Hall–Kier alpha value is -2.25. The van der Waals surface area contributed by atoms with Crippen molar-refractivity contribution in [3.63, 3.8) is 0 Å². The van der Waals surface area contributed by atoms with Gasteiger partial charge in [-0.2, -0.15) is 0 Å². The normalized spacial score (nSPS) is 23.3. The average Bonchev–Trinajstić information content (AvgIpc) is 3.01. The second-order valence-electron chi connectivity index (χ2n) is 6.94. The number of H-pyrrole nitrogens is 1. The van der Waals surface area contributed by atoms with Crippen molar-refractivity contribution in [2.45, 2.75) is 44.2 Å². The van der Waals surface area contributed by atoms with E-state index in [1.54, 1.807) is 25.4 Å². The predicted molar refractivity (Wildman–Crippen MR) is 98.6 cm³/mol. The molecule has 8 heteroatoms. The average molecular weight is 376 g/mol. The number of nitrogens with one attached hydrogen (secondary N) is 2. The summed E-state index contributed by atoms with van der Waals surface area (Å²) in [6.07, 6.45) is 7.80. The van der Waals surface area contributed by atoms with E-state index in [1.165, 1.54) is 0 Å². The molecule has 26 heavy (non-hydrogen) atoms. The van der Waals surface area contributed by atoms with Crippen LogP contribution in [0.4, 0.5) is 10.2 Å². The fourth-order valence-electron chi connectivity index (χ4n) is 3.47. The van der Waals surface area contributed by atoms with Gasteiger partial charge in [-0.25, -0.2) is 19.3 Å². The number of rotatable bonds is 3. The SMILES string of the molecule is CC1(O)CCCCC1Nc1nc(-c2c[nH]c3ncc(Cl)cc23)ncc1F. The van der Waals surface area contributed by atoms with Gasteiger partial charge in [-0.3, -0.25) is 0 Å². The lowest BCUT2D eigenvalue weighted by atomic mass is 9.82. The van der Waals surface area contributed by atoms with Crippen LogP contribution < -0.4 is 5.32 Å². The molecule has 1 aliphatic rings. The lowest BCUT2D eigenvalue weighted by Gasteiger charge is -2.37. The maximum absolute atomic E-state index is 14.3. The minimum Gasteiger partial charge on any atom is -0.388 e. The molecule has 3 N–H and O–H groups in total. The molecule has 1 aliphatic carbocycles. The van der Waals surface area contributed by atoms with E-state index in [9.17, 15) is 9.50 Å². The molecule has 3 aromatic rings. The van der Waals surface area contributed by atoms with E-state index in [4.69, 9.17) is 11.6 Å². The zero-order valence-electron chi connectivity index (χ0n) is 14.3. The highest BCUT2D eigenvalue weighted by molar-refractivity contribution is 6.31. The highest BCUT2D eigenvalue weighted by Crippen LogP contribution is 2.32. The number of fused-ring (bicyclic) bond motifs is 1. The van der Waals surface area contributed by atoms with Crippen LogP contribution in [-0.2, 0) is 0 Å². The molecule has 0 aromatic carbocycles. The number of nitrogens with zero attached hydrogens (tertiary/aromatic N) is 3. The first-order valence-electron chi connectivity index (χ1n) is 8.58. The molecular formula is C18H19ClFN5O. The molecule has 2 atom stereocenters. The zero-order valence-corrected chi connectivity index (χ0v) is 15.0. The van der Waals surface area contributed by atoms with E-state index < -0.39 is 11.4 Å². The van der Waals surface area contributed by atoms with Gasteiger partial charge < -0.3 is 15.4 Å². The van der Waals surface area contributed by atoms with E-state index in [0.29, 0.717) is 28.5 Å². The number of hydrogen-bond donors (Lipinski definition) is 3. The van der Waals surface area contributed by atoms with E-state index in [2.05, 4.69) is 25.3 Å². The monoisotopic (exact) mass is 375 g/mol. The molecule has 6 nitrogen and oxygen atoms in total. The molecule has 0 aliphatic heterocycles. The number of aromatic amines is 1. The van der Waals surface area contributed by atoms with Crippen LogP contribution in [0.2, 0.25) is 5.02 Å². The van der Waals surface area contributed by atoms with Crippen molar-refractivity contribution < 1.29 is 9.50 Å². The Bertz CT molecular complexity index is 958. The van der Waals surface area contributed by atoms with Gasteiger partial charge in [-0.05, 0) is 25.8 Å². The summed E-state index contributed by atoms with van der Waals surface area (Å²) in [4.78, 5) is 15.7. The van der Waals surface area contributed by atoms with Crippen molar-refractivity contribution in [2.75, 3.05) is 5.32 Å². The molecular weight excluding hydrogens is 357 g/mol. The lowest BCUT2D eigenvalue weighted by molar-refractivity contribution is 0.0103. The Balaban J connectivity index is 1.71. The summed E-state index contributed by atoms with van der Waals surface area (Å²) in [5, 5.41) is 14.9. The highest BCUT2D eigenvalue weighted by Gasteiger charge is 2.35. The predicted octanol–water partition coefficient (Wildman–Crippen LogP) is 3.92. The van der Waals surface area contributed by atoms with Crippen LogP contribution in [0.3, 0.4) is 0 Å². The third kappa shape index (κ3) is 3.12.